The lowest BCUT2D eigenvalue weighted by Crippen LogP contribution is -2.48. The summed E-state index contributed by atoms with van der Waals surface area (Å²) in [5.74, 6) is -3.10. The predicted octanol–water partition coefficient (Wildman–Crippen LogP) is 8.00. The molecule has 0 atom stereocenters. The number of aliphatic carboxylic acids is 1. The van der Waals surface area contributed by atoms with Crippen molar-refractivity contribution in [2.45, 2.75) is 155 Å². The van der Waals surface area contributed by atoms with Gasteiger partial charge in [0.15, 0.2) is 0 Å². The van der Waals surface area contributed by atoms with Crippen LogP contribution in [0.5, 0.6) is 0 Å². The van der Waals surface area contributed by atoms with Crippen LogP contribution in [0.2, 0.25) is 0 Å². The fraction of sp³-hybridized carbons (Fsp3) is 0.857. The Morgan fingerprint density at radius 2 is 1.15 bits per heavy atom. The number of carboxylic acid groups (broad SMARTS) is 1. The van der Waals surface area contributed by atoms with Crippen LogP contribution in [0.3, 0.4) is 0 Å². The Labute approximate surface area is 203 Å². The van der Waals surface area contributed by atoms with Gasteiger partial charge in [0.2, 0.25) is 11.6 Å². The van der Waals surface area contributed by atoms with E-state index in [2.05, 4.69) is 19.1 Å². The minimum Gasteiger partial charge on any atom is -0.481 e. The number of rotatable bonds is 23. The van der Waals surface area contributed by atoms with Gasteiger partial charge >= 0.3 is 5.97 Å². The van der Waals surface area contributed by atoms with Crippen LogP contribution in [-0.2, 0) is 19.1 Å². The van der Waals surface area contributed by atoms with Crippen molar-refractivity contribution in [3.8, 4) is 0 Å². The lowest BCUT2D eigenvalue weighted by atomic mass is 9.99. The van der Waals surface area contributed by atoms with Crippen molar-refractivity contribution >= 4 is 11.8 Å². The van der Waals surface area contributed by atoms with Gasteiger partial charge in [0.05, 0.1) is 12.2 Å². The average molecular weight is 469 g/mol. The topological polar surface area (TPSA) is 72.8 Å². The van der Waals surface area contributed by atoms with Gasteiger partial charge < -0.3 is 14.6 Å². The highest BCUT2D eigenvalue weighted by Gasteiger charge is 2.42. The summed E-state index contributed by atoms with van der Waals surface area (Å²) in [6.45, 7) is 9.62. The van der Waals surface area contributed by atoms with Gasteiger partial charge in [0.1, 0.15) is 6.42 Å². The van der Waals surface area contributed by atoms with Crippen LogP contribution in [-0.4, -0.2) is 34.9 Å². The number of ether oxygens (including phenoxy) is 2. The van der Waals surface area contributed by atoms with E-state index in [0.717, 1.165) is 25.7 Å². The Morgan fingerprint density at radius 3 is 1.58 bits per heavy atom. The lowest BCUT2D eigenvalue weighted by Gasteiger charge is -2.35. The van der Waals surface area contributed by atoms with E-state index < -0.39 is 24.0 Å². The smallest absolute Gasteiger partial charge is 0.311 e. The molecule has 0 spiro atoms. The van der Waals surface area contributed by atoms with Crippen LogP contribution in [0.15, 0.2) is 12.2 Å². The third kappa shape index (κ3) is 17.9. The van der Waals surface area contributed by atoms with Crippen LogP contribution >= 0.6 is 0 Å². The van der Waals surface area contributed by atoms with Gasteiger partial charge in [0.25, 0.3) is 0 Å². The molecular weight excluding hydrogens is 416 g/mol. The van der Waals surface area contributed by atoms with Gasteiger partial charge in [-0.2, -0.15) is 0 Å². The Morgan fingerprint density at radius 1 is 0.727 bits per heavy atom. The second kappa shape index (κ2) is 20.2. The number of carbonyl (C=O) groups is 2. The van der Waals surface area contributed by atoms with Gasteiger partial charge in [-0.05, 0) is 59.8 Å². The van der Waals surface area contributed by atoms with Crippen LogP contribution in [0.25, 0.3) is 0 Å². The largest absolute Gasteiger partial charge is 0.481 e. The fourth-order valence-electron chi connectivity index (χ4n) is 4.06. The van der Waals surface area contributed by atoms with Crippen LogP contribution in [0.4, 0.5) is 0 Å². The van der Waals surface area contributed by atoms with Gasteiger partial charge in [0, 0.05) is 6.42 Å². The zero-order chi connectivity index (χ0) is 25.0. The number of hydrogen-bond donors (Lipinski definition) is 1. The number of allylic oxidation sites excluding steroid dienone is 2. The molecule has 0 rings (SSSR count). The number of carboxylic acids is 1. The zero-order valence-corrected chi connectivity index (χ0v) is 22.2. The first-order valence-corrected chi connectivity index (χ1v) is 13.5. The molecule has 0 amide bonds. The van der Waals surface area contributed by atoms with Gasteiger partial charge in [-0.3, -0.25) is 9.59 Å². The summed E-state index contributed by atoms with van der Waals surface area (Å²) in [4.78, 5) is 23.8. The van der Waals surface area contributed by atoms with Crippen molar-refractivity contribution in [3.05, 3.63) is 12.2 Å². The Balaban J connectivity index is 4.13. The van der Waals surface area contributed by atoms with Crippen molar-refractivity contribution in [2.24, 2.45) is 0 Å². The van der Waals surface area contributed by atoms with Crippen molar-refractivity contribution in [1.82, 2.24) is 0 Å². The predicted molar refractivity (Wildman–Crippen MR) is 137 cm³/mol. The van der Waals surface area contributed by atoms with Crippen molar-refractivity contribution in [1.29, 1.82) is 0 Å². The quantitative estimate of drug-likeness (QED) is 0.0711. The molecular formula is C28H52O5. The van der Waals surface area contributed by atoms with Gasteiger partial charge in [-0.25, -0.2) is 0 Å². The molecule has 1 N–H and O–H groups in total. The third-order valence-electron chi connectivity index (χ3n) is 5.61. The molecule has 0 heterocycles. The summed E-state index contributed by atoms with van der Waals surface area (Å²) in [5, 5.41) is 9.09. The van der Waals surface area contributed by atoms with Crippen LogP contribution < -0.4 is 0 Å². The summed E-state index contributed by atoms with van der Waals surface area (Å²) >= 11 is 0. The van der Waals surface area contributed by atoms with Gasteiger partial charge in [-0.1, -0.05) is 76.9 Å². The minimum atomic E-state index is -1.46. The molecule has 5 nitrogen and oxygen atoms in total. The number of ketones is 1. The highest BCUT2D eigenvalue weighted by molar-refractivity contribution is 5.98. The average Bonchev–Trinajstić information content (AvgIpc) is 2.71. The summed E-state index contributed by atoms with van der Waals surface area (Å²) in [7, 11) is 0. The minimum absolute atomic E-state index is 0.226. The van der Waals surface area contributed by atoms with E-state index in [9.17, 15) is 9.59 Å². The fourth-order valence-corrected chi connectivity index (χ4v) is 4.06. The normalized spacial score (nSPS) is 12.3. The van der Waals surface area contributed by atoms with Crippen molar-refractivity contribution in [2.75, 3.05) is 0 Å². The third-order valence-corrected chi connectivity index (χ3v) is 5.61. The van der Waals surface area contributed by atoms with Crippen molar-refractivity contribution < 1.29 is 24.2 Å². The first-order valence-electron chi connectivity index (χ1n) is 13.5. The molecule has 0 aromatic carbocycles. The first-order chi connectivity index (χ1) is 15.7. The maximum Gasteiger partial charge on any atom is 0.311 e. The molecule has 0 aliphatic rings. The summed E-state index contributed by atoms with van der Waals surface area (Å²) in [5.41, 5.74) is 0. The molecule has 0 bridgehead atoms. The number of hydrogen-bond acceptors (Lipinski definition) is 4. The Hall–Kier alpha value is -1.20. The number of Topliss-reactive ketones (excluding diaryl/α,β-unsaturated/α-hetero) is 1. The molecule has 0 saturated heterocycles. The SMILES string of the molecule is CCCCCCCCC=CCCCCCCCCC(OC(C)C)(OC(C)C)C(=O)CC(=O)O. The molecule has 0 aromatic heterocycles. The van der Waals surface area contributed by atoms with E-state index in [1.165, 1.54) is 64.2 Å². The standard InChI is InChI=1S/C28H52O5/c1-6-7-8-9-10-11-12-13-14-15-16-17-18-19-20-21-22-28(32-24(2)3,33-25(4)5)26(29)23-27(30)31/h13-14,24-25H,6-12,15-23H2,1-5H3,(H,30,31). The van der Waals surface area contributed by atoms with E-state index in [1.54, 1.807) is 0 Å². The molecule has 0 saturated carbocycles. The Bertz CT molecular complexity index is 514. The molecule has 0 fully saturated rings. The molecule has 0 aliphatic heterocycles. The monoisotopic (exact) mass is 468 g/mol. The van der Waals surface area contributed by atoms with Crippen molar-refractivity contribution in [3.63, 3.8) is 0 Å². The Kier molecular flexibility index (Phi) is 19.5. The summed E-state index contributed by atoms with van der Waals surface area (Å²) < 4.78 is 11.8. The molecule has 0 aliphatic carbocycles. The molecule has 0 radical (unpaired) electrons. The van der Waals surface area contributed by atoms with E-state index in [4.69, 9.17) is 14.6 Å². The molecule has 5 heteroatoms. The van der Waals surface area contributed by atoms with E-state index in [1.807, 2.05) is 27.7 Å². The number of unbranched alkanes of at least 4 members (excludes halogenated alkanes) is 12. The second-order valence-electron chi connectivity index (χ2n) is 9.77. The second-order valence-corrected chi connectivity index (χ2v) is 9.77. The van der Waals surface area contributed by atoms with Crippen LogP contribution in [0, 0.1) is 0 Å². The van der Waals surface area contributed by atoms with E-state index in [-0.39, 0.29) is 12.2 Å². The molecule has 0 aromatic rings. The molecule has 33 heavy (non-hydrogen) atoms. The molecule has 0 unspecified atom stereocenters. The number of carbonyl (C=O) groups excluding carboxylic acids is 1. The summed E-state index contributed by atoms with van der Waals surface area (Å²) in [6.07, 6.45) is 21.0. The van der Waals surface area contributed by atoms with Gasteiger partial charge in [-0.15, -0.1) is 0 Å². The lowest BCUT2D eigenvalue weighted by molar-refractivity contribution is -0.258. The zero-order valence-electron chi connectivity index (χ0n) is 22.2. The van der Waals surface area contributed by atoms with Crippen LogP contribution in [0.1, 0.15) is 137 Å². The highest BCUT2D eigenvalue weighted by Crippen LogP contribution is 2.28. The maximum atomic E-state index is 12.7. The van der Waals surface area contributed by atoms with E-state index in [0.29, 0.717) is 6.42 Å². The highest BCUT2D eigenvalue weighted by atomic mass is 16.7. The first kappa shape index (κ1) is 31.8. The molecule has 194 valence electrons. The van der Waals surface area contributed by atoms with E-state index >= 15 is 0 Å². The maximum absolute atomic E-state index is 12.7. The summed E-state index contributed by atoms with van der Waals surface area (Å²) in [6, 6.07) is 0.